The largest absolute Gasteiger partial charge is 0.369 e. The molecule has 0 unspecified atom stereocenters. The van der Waals surface area contributed by atoms with Crippen molar-refractivity contribution in [2.45, 2.75) is 129 Å². The van der Waals surface area contributed by atoms with Crippen molar-refractivity contribution in [3.63, 3.8) is 0 Å². The van der Waals surface area contributed by atoms with Gasteiger partial charge in [0.15, 0.2) is 0 Å². The van der Waals surface area contributed by atoms with Crippen LogP contribution in [0.25, 0.3) is 0 Å². The van der Waals surface area contributed by atoms with Crippen molar-refractivity contribution in [2.24, 2.45) is 0 Å². The zero-order valence-corrected chi connectivity index (χ0v) is 16.0. The summed E-state index contributed by atoms with van der Waals surface area (Å²) in [5.41, 5.74) is 0. The van der Waals surface area contributed by atoms with Crippen LogP contribution < -0.4 is 0 Å². The van der Waals surface area contributed by atoms with Crippen LogP contribution in [0.15, 0.2) is 12.2 Å². The number of hydrogen-bond donors (Lipinski definition) is 0. The van der Waals surface area contributed by atoms with Crippen LogP contribution in [0.4, 0.5) is 0 Å². The Balaban J connectivity index is 1.75. The van der Waals surface area contributed by atoms with Crippen molar-refractivity contribution in [1.29, 1.82) is 0 Å². The summed E-state index contributed by atoms with van der Waals surface area (Å²) in [6.45, 7) is 4.56. The van der Waals surface area contributed by atoms with E-state index in [9.17, 15) is 0 Å². The fraction of sp³-hybridized carbons (Fsp3) is 0.909. The van der Waals surface area contributed by atoms with Gasteiger partial charge in [0.1, 0.15) is 0 Å². The van der Waals surface area contributed by atoms with Crippen LogP contribution >= 0.6 is 0 Å². The molecule has 0 radical (unpaired) electrons. The first kappa shape index (κ1) is 20.7. The van der Waals surface area contributed by atoms with Crippen LogP contribution in [0.2, 0.25) is 0 Å². The molecule has 0 aliphatic carbocycles. The Bertz CT molecular complexity index is 271. The molecule has 0 bridgehead atoms. The predicted molar refractivity (Wildman–Crippen MR) is 103 cm³/mol. The third-order valence-electron chi connectivity index (χ3n) is 5.04. The number of hydrogen-bond acceptors (Lipinski definition) is 1. The minimum atomic E-state index is 0.552. The molecule has 0 spiro atoms. The van der Waals surface area contributed by atoms with Crippen LogP contribution in [0.5, 0.6) is 0 Å². The number of rotatable bonds is 17. The Kier molecular flexibility index (Phi) is 13.7. The molecule has 23 heavy (non-hydrogen) atoms. The molecule has 1 aliphatic heterocycles. The topological polar surface area (TPSA) is 12.5 Å². The number of epoxide rings is 1. The van der Waals surface area contributed by atoms with E-state index < -0.39 is 0 Å². The summed E-state index contributed by atoms with van der Waals surface area (Å²) in [4.78, 5) is 0. The monoisotopic (exact) mass is 322 g/mol. The molecule has 0 amide bonds. The summed E-state index contributed by atoms with van der Waals surface area (Å²) in [6, 6.07) is 0. The minimum Gasteiger partial charge on any atom is -0.369 e. The molecule has 1 heteroatoms. The highest BCUT2D eigenvalue weighted by Crippen LogP contribution is 2.30. The first-order chi connectivity index (χ1) is 11.4. The highest BCUT2D eigenvalue weighted by atomic mass is 16.6. The Morgan fingerprint density at radius 2 is 1.17 bits per heavy atom. The zero-order chi connectivity index (χ0) is 16.6. The molecular weight excluding hydrogens is 280 g/mol. The summed E-state index contributed by atoms with van der Waals surface area (Å²) >= 11 is 0. The van der Waals surface area contributed by atoms with E-state index in [0.717, 1.165) is 6.42 Å². The van der Waals surface area contributed by atoms with Gasteiger partial charge < -0.3 is 4.74 Å². The molecule has 2 atom stereocenters. The first-order valence-corrected chi connectivity index (χ1v) is 10.7. The van der Waals surface area contributed by atoms with E-state index in [1.807, 2.05) is 0 Å². The lowest BCUT2D eigenvalue weighted by atomic mass is 10.1. The molecule has 136 valence electrons. The van der Waals surface area contributed by atoms with Crippen molar-refractivity contribution < 1.29 is 4.74 Å². The lowest BCUT2D eigenvalue weighted by molar-refractivity contribution is 0.359. The van der Waals surface area contributed by atoms with Crippen LogP contribution in [0.1, 0.15) is 117 Å². The second-order valence-electron chi connectivity index (χ2n) is 7.39. The Morgan fingerprint density at radius 1 is 0.609 bits per heavy atom. The predicted octanol–water partition coefficient (Wildman–Crippen LogP) is 7.59. The first-order valence-electron chi connectivity index (χ1n) is 10.7. The molecule has 0 aromatic rings. The van der Waals surface area contributed by atoms with E-state index in [1.165, 1.54) is 96.3 Å². The molecule has 0 aromatic carbocycles. The van der Waals surface area contributed by atoms with E-state index in [1.54, 1.807) is 0 Å². The van der Waals surface area contributed by atoms with Gasteiger partial charge in [0, 0.05) is 0 Å². The van der Waals surface area contributed by atoms with Crippen molar-refractivity contribution in [1.82, 2.24) is 0 Å². The summed E-state index contributed by atoms with van der Waals surface area (Å²) in [5, 5.41) is 0. The Labute approximate surface area is 146 Å². The van der Waals surface area contributed by atoms with Crippen LogP contribution in [-0.4, -0.2) is 12.2 Å². The SMILES string of the molecule is CCCCCCCCCCCC/C=C\C[C@H]1O[C@@H]1CCCCC. The van der Waals surface area contributed by atoms with Gasteiger partial charge in [-0.15, -0.1) is 0 Å². The number of ether oxygens (including phenoxy) is 1. The lowest BCUT2D eigenvalue weighted by Gasteiger charge is -2.01. The van der Waals surface area contributed by atoms with Gasteiger partial charge >= 0.3 is 0 Å². The molecule has 0 N–H and O–H groups in total. The molecular formula is C22H42O. The molecule has 1 nitrogen and oxygen atoms in total. The van der Waals surface area contributed by atoms with Crippen molar-refractivity contribution in [3.05, 3.63) is 12.2 Å². The number of allylic oxidation sites excluding steroid dienone is 1. The quantitative estimate of drug-likeness (QED) is 0.153. The molecule has 1 fully saturated rings. The van der Waals surface area contributed by atoms with Crippen molar-refractivity contribution in [2.75, 3.05) is 0 Å². The highest BCUT2D eigenvalue weighted by molar-refractivity contribution is 4.93. The smallest absolute Gasteiger partial charge is 0.0876 e. The molecule has 0 saturated carbocycles. The minimum absolute atomic E-state index is 0.552. The van der Waals surface area contributed by atoms with Crippen molar-refractivity contribution >= 4 is 0 Å². The Morgan fingerprint density at radius 3 is 1.83 bits per heavy atom. The van der Waals surface area contributed by atoms with Gasteiger partial charge in [-0.3, -0.25) is 0 Å². The van der Waals surface area contributed by atoms with E-state index in [0.29, 0.717) is 12.2 Å². The summed E-state index contributed by atoms with van der Waals surface area (Å²) in [5.74, 6) is 0. The lowest BCUT2D eigenvalue weighted by Crippen LogP contribution is -1.92. The second kappa shape index (κ2) is 15.2. The summed E-state index contributed by atoms with van der Waals surface area (Å²) < 4.78 is 5.72. The van der Waals surface area contributed by atoms with Crippen LogP contribution in [-0.2, 0) is 4.74 Å². The molecule has 1 saturated heterocycles. The summed E-state index contributed by atoms with van der Waals surface area (Å²) in [6.07, 6.45) is 27.9. The molecule has 1 rings (SSSR count). The maximum absolute atomic E-state index is 5.72. The average Bonchev–Trinajstić information content (AvgIpc) is 3.30. The third-order valence-corrected chi connectivity index (χ3v) is 5.04. The van der Waals surface area contributed by atoms with E-state index >= 15 is 0 Å². The van der Waals surface area contributed by atoms with Crippen LogP contribution in [0.3, 0.4) is 0 Å². The van der Waals surface area contributed by atoms with E-state index in [4.69, 9.17) is 4.74 Å². The van der Waals surface area contributed by atoms with Crippen LogP contribution in [0, 0.1) is 0 Å². The van der Waals surface area contributed by atoms with Gasteiger partial charge in [0.2, 0.25) is 0 Å². The standard InChI is InChI=1S/C22H42O/c1-3-5-7-8-9-10-11-12-13-14-15-16-18-20-22-21(23-22)19-17-6-4-2/h16,18,21-22H,3-15,17,19-20H2,1-2H3/b18-16-/t21-,22-/m1/s1. The maximum Gasteiger partial charge on any atom is 0.0876 e. The van der Waals surface area contributed by atoms with Gasteiger partial charge in [-0.25, -0.2) is 0 Å². The molecule has 0 aromatic heterocycles. The van der Waals surface area contributed by atoms with Gasteiger partial charge in [-0.05, 0) is 25.7 Å². The zero-order valence-electron chi connectivity index (χ0n) is 16.0. The van der Waals surface area contributed by atoms with Gasteiger partial charge in [-0.2, -0.15) is 0 Å². The maximum atomic E-state index is 5.72. The second-order valence-corrected chi connectivity index (χ2v) is 7.39. The van der Waals surface area contributed by atoms with Gasteiger partial charge in [0.25, 0.3) is 0 Å². The number of unbranched alkanes of at least 4 members (excludes halogenated alkanes) is 12. The molecule has 1 heterocycles. The molecule has 1 aliphatic rings. The fourth-order valence-electron chi connectivity index (χ4n) is 3.33. The van der Waals surface area contributed by atoms with Gasteiger partial charge in [0.05, 0.1) is 12.2 Å². The van der Waals surface area contributed by atoms with Gasteiger partial charge in [-0.1, -0.05) is 103 Å². The summed E-state index contributed by atoms with van der Waals surface area (Å²) in [7, 11) is 0. The van der Waals surface area contributed by atoms with Crippen molar-refractivity contribution in [3.8, 4) is 0 Å². The highest BCUT2D eigenvalue weighted by Gasteiger charge is 2.36. The van der Waals surface area contributed by atoms with E-state index in [2.05, 4.69) is 26.0 Å². The Hall–Kier alpha value is -0.300. The van der Waals surface area contributed by atoms with E-state index in [-0.39, 0.29) is 0 Å². The normalized spacial score (nSPS) is 20.4. The average molecular weight is 323 g/mol. The third kappa shape index (κ3) is 12.8. The fourth-order valence-corrected chi connectivity index (χ4v) is 3.33.